The van der Waals surface area contributed by atoms with Crippen LogP contribution in [-0.4, -0.2) is 10.1 Å². The van der Waals surface area contributed by atoms with Crippen molar-refractivity contribution in [3.63, 3.8) is 0 Å². The molecule has 1 N–H and O–H groups in total. The first-order valence-electron chi connectivity index (χ1n) is 4.03. The maximum atomic E-state index is 12.1. The van der Waals surface area contributed by atoms with E-state index < -0.39 is 11.9 Å². The molecule has 1 aromatic rings. The lowest BCUT2D eigenvalue weighted by atomic mass is 10.1. The molecule has 0 saturated carbocycles. The highest BCUT2D eigenvalue weighted by molar-refractivity contribution is 5.25. The molecule has 0 aromatic carbocycles. The Bertz CT molecular complexity index is 294. The van der Waals surface area contributed by atoms with E-state index in [9.17, 15) is 18.3 Å². The SMILES string of the molecule is CC[C](O)c1ccc(C(F)(F)F)nc1. The van der Waals surface area contributed by atoms with E-state index in [1.807, 2.05) is 0 Å². The number of aliphatic hydroxyl groups is 1. The normalized spacial score (nSPS) is 12.1. The minimum absolute atomic E-state index is 0.0335. The summed E-state index contributed by atoms with van der Waals surface area (Å²) in [5.41, 5.74) is -0.634. The van der Waals surface area contributed by atoms with Crippen molar-refractivity contribution >= 4 is 0 Å². The third-order valence-electron chi connectivity index (χ3n) is 1.72. The molecule has 77 valence electrons. The van der Waals surface area contributed by atoms with Gasteiger partial charge in [0.05, 0.1) is 0 Å². The van der Waals surface area contributed by atoms with Gasteiger partial charge in [-0.1, -0.05) is 13.0 Å². The van der Waals surface area contributed by atoms with E-state index in [0.29, 0.717) is 12.0 Å². The summed E-state index contributed by atoms with van der Waals surface area (Å²) in [6, 6.07) is 2.05. The van der Waals surface area contributed by atoms with Crippen molar-refractivity contribution in [3.05, 3.63) is 35.7 Å². The first kappa shape index (κ1) is 11.0. The molecule has 1 heterocycles. The second-order valence-electron chi connectivity index (χ2n) is 2.73. The van der Waals surface area contributed by atoms with Crippen LogP contribution in [0.4, 0.5) is 13.2 Å². The molecule has 0 atom stereocenters. The van der Waals surface area contributed by atoms with Crippen molar-refractivity contribution in [3.8, 4) is 0 Å². The van der Waals surface area contributed by atoms with Crippen molar-refractivity contribution < 1.29 is 18.3 Å². The zero-order valence-corrected chi connectivity index (χ0v) is 7.47. The smallest absolute Gasteiger partial charge is 0.382 e. The zero-order chi connectivity index (χ0) is 10.8. The third-order valence-corrected chi connectivity index (χ3v) is 1.72. The minimum Gasteiger partial charge on any atom is -0.382 e. The van der Waals surface area contributed by atoms with Crippen LogP contribution in [-0.2, 0) is 6.18 Å². The van der Waals surface area contributed by atoms with Gasteiger partial charge in [0.2, 0.25) is 0 Å². The van der Waals surface area contributed by atoms with E-state index in [1.54, 1.807) is 6.92 Å². The molecular weight excluding hydrogens is 195 g/mol. The number of alkyl halides is 3. The van der Waals surface area contributed by atoms with Gasteiger partial charge in [0.25, 0.3) is 0 Å². The third kappa shape index (κ3) is 2.45. The molecule has 0 aliphatic rings. The first-order chi connectivity index (χ1) is 6.45. The summed E-state index contributed by atoms with van der Waals surface area (Å²) in [4.78, 5) is 3.21. The fraction of sp³-hybridized carbons (Fsp3) is 0.333. The predicted octanol–water partition coefficient (Wildman–Crippen LogP) is 2.76. The van der Waals surface area contributed by atoms with Crippen LogP contribution in [0.15, 0.2) is 18.3 Å². The first-order valence-corrected chi connectivity index (χ1v) is 4.03. The molecule has 1 radical (unpaired) electrons. The van der Waals surface area contributed by atoms with Crippen LogP contribution in [0.25, 0.3) is 0 Å². The largest absolute Gasteiger partial charge is 0.433 e. The van der Waals surface area contributed by atoms with Gasteiger partial charge >= 0.3 is 6.18 Å². The molecule has 0 amide bonds. The van der Waals surface area contributed by atoms with E-state index in [-0.39, 0.29) is 6.10 Å². The van der Waals surface area contributed by atoms with Gasteiger partial charge in [-0.15, -0.1) is 0 Å². The van der Waals surface area contributed by atoms with Crippen molar-refractivity contribution in [1.82, 2.24) is 4.98 Å². The monoisotopic (exact) mass is 204 g/mol. The Morgan fingerprint density at radius 1 is 1.43 bits per heavy atom. The number of nitrogens with zero attached hydrogens (tertiary/aromatic N) is 1. The molecule has 1 aromatic heterocycles. The molecule has 1 rings (SSSR count). The highest BCUT2D eigenvalue weighted by Crippen LogP contribution is 2.28. The number of aromatic nitrogens is 1. The molecule has 0 aliphatic carbocycles. The Morgan fingerprint density at radius 3 is 2.43 bits per heavy atom. The van der Waals surface area contributed by atoms with E-state index in [0.717, 1.165) is 12.3 Å². The summed E-state index contributed by atoms with van der Waals surface area (Å²) >= 11 is 0. The van der Waals surface area contributed by atoms with Crippen LogP contribution in [0, 0.1) is 6.10 Å². The number of aliphatic hydroxyl groups excluding tert-OH is 1. The molecule has 0 saturated heterocycles. The molecule has 0 unspecified atom stereocenters. The van der Waals surface area contributed by atoms with Gasteiger partial charge in [-0.25, -0.2) is 0 Å². The van der Waals surface area contributed by atoms with Crippen molar-refractivity contribution in [2.45, 2.75) is 19.5 Å². The van der Waals surface area contributed by atoms with Crippen LogP contribution in [0.2, 0.25) is 0 Å². The molecule has 0 bridgehead atoms. The summed E-state index contributed by atoms with van der Waals surface area (Å²) in [5, 5.41) is 9.22. The minimum atomic E-state index is -4.43. The van der Waals surface area contributed by atoms with Gasteiger partial charge in [-0.05, 0) is 12.5 Å². The van der Waals surface area contributed by atoms with Gasteiger partial charge in [-0.2, -0.15) is 13.2 Å². The highest BCUT2D eigenvalue weighted by Gasteiger charge is 2.32. The molecule has 0 fully saturated rings. The number of rotatable bonds is 2. The van der Waals surface area contributed by atoms with E-state index in [4.69, 9.17) is 0 Å². The summed E-state index contributed by atoms with van der Waals surface area (Å²) in [5.74, 6) is 0. The average molecular weight is 204 g/mol. The Balaban J connectivity index is 2.89. The second kappa shape index (κ2) is 3.96. The lowest BCUT2D eigenvalue weighted by molar-refractivity contribution is -0.141. The maximum Gasteiger partial charge on any atom is 0.433 e. The maximum absolute atomic E-state index is 12.1. The van der Waals surface area contributed by atoms with Crippen LogP contribution in [0.5, 0.6) is 0 Å². The van der Waals surface area contributed by atoms with E-state index in [2.05, 4.69) is 4.98 Å². The highest BCUT2D eigenvalue weighted by atomic mass is 19.4. The Kier molecular flexibility index (Phi) is 3.10. The van der Waals surface area contributed by atoms with Crippen LogP contribution in [0.1, 0.15) is 24.6 Å². The molecular formula is C9H9F3NO. The number of hydrogen-bond donors (Lipinski definition) is 1. The molecule has 2 nitrogen and oxygen atoms in total. The fourth-order valence-electron chi connectivity index (χ4n) is 0.936. The van der Waals surface area contributed by atoms with Crippen molar-refractivity contribution in [1.29, 1.82) is 0 Å². The van der Waals surface area contributed by atoms with Gasteiger partial charge in [-0.3, -0.25) is 4.98 Å². The van der Waals surface area contributed by atoms with E-state index in [1.165, 1.54) is 6.07 Å². The second-order valence-corrected chi connectivity index (χ2v) is 2.73. The number of hydrogen-bond acceptors (Lipinski definition) is 2. The topological polar surface area (TPSA) is 33.1 Å². The Morgan fingerprint density at radius 2 is 2.07 bits per heavy atom. The summed E-state index contributed by atoms with van der Waals surface area (Å²) in [6.45, 7) is 1.70. The Labute approximate surface area is 79.4 Å². The molecule has 5 heteroatoms. The zero-order valence-electron chi connectivity index (χ0n) is 7.47. The van der Waals surface area contributed by atoms with Gasteiger partial charge in [0.1, 0.15) is 11.8 Å². The lowest BCUT2D eigenvalue weighted by Gasteiger charge is -2.08. The molecule has 0 aliphatic heterocycles. The quantitative estimate of drug-likeness (QED) is 0.803. The molecule has 14 heavy (non-hydrogen) atoms. The van der Waals surface area contributed by atoms with Crippen LogP contribution in [0.3, 0.4) is 0 Å². The Hall–Kier alpha value is -1.10. The summed E-state index contributed by atoms with van der Waals surface area (Å²) < 4.78 is 36.2. The predicted molar refractivity (Wildman–Crippen MR) is 43.8 cm³/mol. The number of halogens is 3. The molecule has 0 spiro atoms. The van der Waals surface area contributed by atoms with Gasteiger partial charge in [0.15, 0.2) is 0 Å². The average Bonchev–Trinajstić information content (AvgIpc) is 2.15. The van der Waals surface area contributed by atoms with Crippen LogP contribution >= 0.6 is 0 Å². The van der Waals surface area contributed by atoms with Crippen molar-refractivity contribution in [2.24, 2.45) is 0 Å². The lowest BCUT2D eigenvalue weighted by Crippen LogP contribution is -2.08. The van der Waals surface area contributed by atoms with Gasteiger partial charge < -0.3 is 5.11 Å². The number of pyridine rings is 1. The summed E-state index contributed by atoms with van der Waals surface area (Å²) in [6.07, 6.45) is -3.01. The fourth-order valence-corrected chi connectivity index (χ4v) is 0.936. The summed E-state index contributed by atoms with van der Waals surface area (Å²) in [7, 11) is 0. The van der Waals surface area contributed by atoms with E-state index >= 15 is 0 Å². The van der Waals surface area contributed by atoms with Gasteiger partial charge in [0, 0.05) is 11.8 Å². The standard InChI is InChI=1S/C9H9F3NO/c1-2-7(14)6-3-4-8(13-5-6)9(10,11)12/h3-5,14H,2H2,1H3. The van der Waals surface area contributed by atoms with Crippen LogP contribution < -0.4 is 0 Å². The van der Waals surface area contributed by atoms with Crippen molar-refractivity contribution in [2.75, 3.05) is 0 Å².